The summed E-state index contributed by atoms with van der Waals surface area (Å²) in [6.45, 7) is 0. The molecule has 2 aromatic rings. The van der Waals surface area contributed by atoms with Gasteiger partial charge in [0.15, 0.2) is 0 Å². The van der Waals surface area contributed by atoms with Gasteiger partial charge in [-0.3, -0.25) is 19.2 Å². The van der Waals surface area contributed by atoms with Crippen LogP contribution in [-0.4, -0.2) is 40.7 Å². The molecule has 0 bridgehead atoms. The van der Waals surface area contributed by atoms with E-state index in [0.717, 1.165) is 25.7 Å². The molecule has 2 aliphatic rings. The van der Waals surface area contributed by atoms with Gasteiger partial charge in [-0.15, -0.1) is 0 Å². The van der Waals surface area contributed by atoms with Gasteiger partial charge < -0.3 is 26.7 Å². The highest BCUT2D eigenvalue weighted by atomic mass is 16.2. The third-order valence-electron chi connectivity index (χ3n) is 5.48. The van der Waals surface area contributed by atoms with Crippen molar-refractivity contribution >= 4 is 29.3 Å². The first-order valence-corrected chi connectivity index (χ1v) is 9.91. The van der Waals surface area contributed by atoms with Crippen LogP contribution in [0.25, 0.3) is 0 Å². The van der Waals surface area contributed by atoms with Crippen molar-refractivity contribution in [3.63, 3.8) is 0 Å². The van der Waals surface area contributed by atoms with Crippen molar-refractivity contribution in [2.75, 3.05) is 5.32 Å². The molecule has 2 unspecified atom stereocenters. The number of benzene rings is 1. The van der Waals surface area contributed by atoms with E-state index in [1.165, 1.54) is 12.3 Å². The van der Waals surface area contributed by atoms with Gasteiger partial charge in [-0.1, -0.05) is 0 Å². The van der Waals surface area contributed by atoms with Gasteiger partial charge in [0.05, 0.1) is 5.56 Å². The molecular formula is C21H23N5O4. The van der Waals surface area contributed by atoms with Gasteiger partial charge in [0.2, 0.25) is 5.91 Å². The smallest absolute Gasteiger partial charge is 0.265 e. The number of rotatable bonds is 7. The minimum atomic E-state index is -0.638. The minimum absolute atomic E-state index is 0.0191. The molecule has 4 amide bonds. The zero-order valence-corrected chi connectivity index (χ0v) is 16.2. The lowest BCUT2D eigenvalue weighted by molar-refractivity contribution is -0.117. The van der Waals surface area contributed by atoms with Gasteiger partial charge in [0, 0.05) is 35.4 Å². The van der Waals surface area contributed by atoms with E-state index in [-0.39, 0.29) is 41.4 Å². The standard InChI is InChI=1S/C21H23N5O4/c22-18(27)17-9-13(10-23-17)21(30)26-16-8-7-15(16)25-20(29)12-3-5-14(6-4-12)24-19(28)11-1-2-11/h3-6,9-11,15-16,23H,1-2,7-8H2,(H2,22,27)(H,24,28)(H,25,29)(H,26,30). The second-order valence-corrected chi connectivity index (χ2v) is 7.74. The maximum absolute atomic E-state index is 12.5. The van der Waals surface area contributed by atoms with Crippen LogP contribution in [0, 0.1) is 5.92 Å². The summed E-state index contributed by atoms with van der Waals surface area (Å²) in [7, 11) is 0. The molecule has 4 rings (SSSR count). The van der Waals surface area contributed by atoms with Gasteiger partial charge in [-0.05, 0) is 56.0 Å². The molecule has 2 atom stereocenters. The molecule has 0 aliphatic heterocycles. The number of nitrogens with two attached hydrogens (primary N) is 1. The number of anilines is 1. The van der Waals surface area contributed by atoms with Crippen LogP contribution in [0.15, 0.2) is 36.5 Å². The molecule has 1 aromatic carbocycles. The normalized spacial score (nSPS) is 20.0. The SMILES string of the molecule is NC(=O)c1cc(C(=O)NC2CCC2NC(=O)c2ccc(NC(=O)C3CC3)cc2)c[nH]1. The van der Waals surface area contributed by atoms with Crippen molar-refractivity contribution in [3.05, 3.63) is 53.3 Å². The third kappa shape index (κ3) is 4.35. The lowest BCUT2D eigenvalue weighted by Gasteiger charge is -2.37. The number of carbonyl (C=O) groups excluding carboxylic acids is 4. The maximum atomic E-state index is 12.5. The highest BCUT2D eigenvalue weighted by Gasteiger charge is 2.34. The average molecular weight is 409 g/mol. The first-order chi connectivity index (χ1) is 14.4. The van der Waals surface area contributed by atoms with Gasteiger partial charge in [-0.2, -0.15) is 0 Å². The molecule has 9 heteroatoms. The molecule has 6 N–H and O–H groups in total. The van der Waals surface area contributed by atoms with E-state index in [0.29, 0.717) is 16.8 Å². The molecular weight excluding hydrogens is 386 g/mol. The molecule has 0 spiro atoms. The second-order valence-electron chi connectivity index (χ2n) is 7.74. The van der Waals surface area contributed by atoms with Gasteiger partial charge >= 0.3 is 0 Å². The van der Waals surface area contributed by atoms with Gasteiger partial charge in [0.25, 0.3) is 17.7 Å². The topological polar surface area (TPSA) is 146 Å². The number of primary amides is 1. The zero-order valence-electron chi connectivity index (χ0n) is 16.2. The molecule has 0 radical (unpaired) electrons. The quantitative estimate of drug-likeness (QED) is 0.467. The van der Waals surface area contributed by atoms with Crippen molar-refractivity contribution in [1.29, 1.82) is 0 Å². The van der Waals surface area contributed by atoms with Crippen LogP contribution < -0.4 is 21.7 Å². The Morgan fingerprint density at radius 1 is 0.867 bits per heavy atom. The van der Waals surface area contributed by atoms with Crippen LogP contribution in [0.3, 0.4) is 0 Å². The fraction of sp³-hybridized carbons (Fsp3) is 0.333. The van der Waals surface area contributed by atoms with Crippen molar-refractivity contribution in [2.24, 2.45) is 11.7 Å². The highest BCUT2D eigenvalue weighted by molar-refractivity contribution is 5.99. The van der Waals surface area contributed by atoms with Crippen LogP contribution in [0.5, 0.6) is 0 Å². The van der Waals surface area contributed by atoms with E-state index in [9.17, 15) is 19.2 Å². The Hall–Kier alpha value is -3.62. The summed E-state index contributed by atoms with van der Waals surface area (Å²) in [5.74, 6) is -1.07. The molecule has 1 aromatic heterocycles. The van der Waals surface area contributed by atoms with E-state index < -0.39 is 5.91 Å². The zero-order chi connectivity index (χ0) is 21.3. The fourth-order valence-electron chi connectivity index (χ4n) is 3.31. The number of H-pyrrole nitrogens is 1. The summed E-state index contributed by atoms with van der Waals surface area (Å²) >= 11 is 0. The summed E-state index contributed by atoms with van der Waals surface area (Å²) in [5, 5.41) is 8.63. The van der Waals surface area contributed by atoms with Crippen LogP contribution in [-0.2, 0) is 4.79 Å². The number of aromatic nitrogens is 1. The summed E-state index contributed by atoms with van der Waals surface area (Å²) < 4.78 is 0. The van der Waals surface area contributed by atoms with Crippen LogP contribution in [0.2, 0.25) is 0 Å². The number of hydrogen-bond acceptors (Lipinski definition) is 4. The molecule has 2 fully saturated rings. The molecule has 156 valence electrons. The Morgan fingerprint density at radius 3 is 1.97 bits per heavy atom. The first kappa shape index (κ1) is 19.7. The first-order valence-electron chi connectivity index (χ1n) is 9.91. The summed E-state index contributed by atoms with van der Waals surface area (Å²) in [6.07, 6.45) is 4.79. The molecule has 9 nitrogen and oxygen atoms in total. The number of amides is 4. The predicted octanol–water partition coefficient (Wildman–Crippen LogP) is 1.15. The Labute approximate surface area is 172 Å². The summed E-state index contributed by atoms with van der Waals surface area (Å²) in [4.78, 5) is 50.4. The number of carbonyl (C=O) groups is 4. The summed E-state index contributed by atoms with van der Waals surface area (Å²) in [5.41, 5.74) is 6.79. The summed E-state index contributed by atoms with van der Waals surface area (Å²) in [6, 6.07) is 7.77. The Bertz CT molecular complexity index is 993. The van der Waals surface area contributed by atoms with E-state index in [1.54, 1.807) is 24.3 Å². The van der Waals surface area contributed by atoms with E-state index >= 15 is 0 Å². The number of nitrogens with one attached hydrogen (secondary N) is 4. The number of aromatic amines is 1. The monoisotopic (exact) mass is 409 g/mol. The van der Waals surface area contributed by atoms with Gasteiger partial charge in [0.1, 0.15) is 5.69 Å². The van der Waals surface area contributed by atoms with Crippen molar-refractivity contribution in [1.82, 2.24) is 15.6 Å². The predicted molar refractivity (Wildman–Crippen MR) is 109 cm³/mol. The van der Waals surface area contributed by atoms with Crippen LogP contribution in [0.1, 0.15) is 56.9 Å². The molecule has 0 saturated heterocycles. The Morgan fingerprint density at radius 2 is 1.47 bits per heavy atom. The van der Waals surface area contributed by atoms with E-state index in [1.807, 2.05) is 0 Å². The molecule has 1 heterocycles. The molecule has 2 aliphatic carbocycles. The second kappa shape index (κ2) is 8.02. The van der Waals surface area contributed by atoms with Gasteiger partial charge in [-0.25, -0.2) is 0 Å². The van der Waals surface area contributed by atoms with Crippen molar-refractivity contribution in [2.45, 2.75) is 37.8 Å². The Balaban J connectivity index is 1.29. The maximum Gasteiger partial charge on any atom is 0.265 e. The third-order valence-corrected chi connectivity index (χ3v) is 5.48. The highest BCUT2D eigenvalue weighted by Crippen LogP contribution is 2.30. The molecule has 2 saturated carbocycles. The number of hydrogen-bond donors (Lipinski definition) is 5. The van der Waals surface area contributed by atoms with Crippen LogP contribution >= 0.6 is 0 Å². The van der Waals surface area contributed by atoms with Crippen molar-refractivity contribution < 1.29 is 19.2 Å². The average Bonchev–Trinajstić information content (AvgIpc) is 3.45. The largest absolute Gasteiger partial charge is 0.364 e. The Kier molecular flexibility index (Phi) is 5.26. The lowest BCUT2D eigenvalue weighted by Crippen LogP contribution is -2.58. The van der Waals surface area contributed by atoms with Crippen molar-refractivity contribution in [3.8, 4) is 0 Å². The fourth-order valence-corrected chi connectivity index (χ4v) is 3.31. The molecule has 30 heavy (non-hydrogen) atoms. The van der Waals surface area contributed by atoms with E-state index in [2.05, 4.69) is 20.9 Å². The minimum Gasteiger partial charge on any atom is -0.364 e. The van der Waals surface area contributed by atoms with Crippen LogP contribution in [0.4, 0.5) is 5.69 Å². The lowest BCUT2D eigenvalue weighted by atomic mass is 9.86. The van der Waals surface area contributed by atoms with E-state index in [4.69, 9.17) is 5.73 Å².